The van der Waals surface area contributed by atoms with Gasteiger partial charge in [-0.3, -0.25) is 4.90 Å². The van der Waals surface area contributed by atoms with Crippen LogP contribution in [0.2, 0.25) is 0 Å². The summed E-state index contributed by atoms with van der Waals surface area (Å²) in [6.07, 6.45) is 3.68. The highest BCUT2D eigenvalue weighted by Gasteiger charge is 2.21. The molecule has 1 aliphatic rings. The van der Waals surface area contributed by atoms with E-state index >= 15 is 0 Å². The number of methoxy groups -OCH3 is 1. The van der Waals surface area contributed by atoms with Gasteiger partial charge in [0, 0.05) is 31.7 Å². The Hall–Kier alpha value is -2.32. The van der Waals surface area contributed by atoms with Crippen LogP contribution in [0.1, 0.15) is 50.3 Å². The molecule has 0 unspecified atom stereocenters. The van der Waals surface area contributed by atoms with Crippen molar-refractivity contribution < 1.29 is 9.84 Å². The highest BCUT2D eigenvalue weighted by Crippen LogP contribution is 2.20. The van der Waals surface area contributed by atoms with Crippen molar-refractivity contribution in [3.63, 3.8) is 0 Å². The Labute approximate surface area is 200 Å². The lowest BCUT2D eigenvalue weighted by Gasteiger charge is -2.35. The van der Waals surface area contributed by atoms with Crippen LogP contribution < -0.4 is 4.74 Å². The fourth-order valence-corrected chi connectivity index (χ4v) is 4.47. The summed E-state index contributed by atoms with van der Waals surface area (Å²) in [6, 6.07) is 16.9. The van der Waals surface area contributed by atoms with Crippen LogP contribution in [0.5, 0.6) is 5.75 Å². The molecule has 1 heterocycles. The number of rotatable bonds is 9. The molecule has 2 aromatic carbocycles. The summed E-state index contributed by atoms with van der Waals surface area (Å²) in [7, 11) is 1.73. The molecule has 1 saturated heterocycles. The minimum Gasteiger partial charge on any atom is -0.497 e. The van der Waals surface area contributed by atoms with Gasteiger partial charge in [-0.1, -0.05) is 43.0 Å². The molecule has 1 aliphatic heterocycles. The van der Waals surface area contributed by atoms with Gasteiger partial charge in [-0.15, -0.1) is 0 Å². The van der Waals surface area contributed by atoms with Crippen LogP contribution in [0.3, 0.4) is 0 Å². The molecule has 0 bridgehead atoms. The molecule has 1 N–H and O–H groups in total. The number of hydrogen-bond acceptors (Lipinski definition) is 4. The average Bonchev–Trinajstić information content (AvgIpc) is 2.82. The normalized spacial score (nSPS) is 17.0. The molecular weight excluding hydrogens is 408 g/mol. The van der Waals surface area contributed by atoms with Crippen LogP contribution in [-0.4, -0.2) is 60.3 Å². The molecule has 3 rings (SSSR count). The summed E-state index contributed by atoms with van der Waals surface area (Å²) in [5, 5.41) is 9.78. The Bertz CT molecular complexity index is 921. The zero-order valence-corrected chi connectivity index (χ0v) is 20.8. The summed E-state index contributed by atoms with van der Waals surface area (Å²) in [6.45, 7) is 12.3. The lowest BCUT2D eigenvalue weighted by Crippen LogP contribution is -2.41. The van der Waals surface area contributed by atoms with Crippen molar-refractivity contribution in [2.75, 3.05) is 39.8 Å². The molecule has 4 nitrogen and oxygen atoms in total. The fourth-order valence-electron chi connectivity index (χ4n) is 4.47. The molecule has 33 heavy (non-hydrogen) atoms. The molecule has 4 heteroatoms. The summed E-state index contributed by atoms with van der Waals surface area (Å²) >= 11 is 0. The molecular formula is C29H40N2O2. The van der Waals surface area contributed by atoms with Gasteiger partial charge in [-0.2, -0.15) is 0 Å². The van der Waals surface area contributed by atoms with Crippen molar-refractivity contribution in [3.05, 3.63) is 65.2 Å². The van der Waals surface area contributed by atoms with Gasteiger partial charge in [0.15, 0.2) is 0 Å². The number of nitrogens with zero attached hydrogens (tertiary/aromatic N) is 2. The van der Waals surface area contributed by atoms with E-state index in [0.717, 1.165) is 49.8 Å². The molecule has 178 valence electrons. The molecule has 1 atom stereocenters. The number of piperidine rings is 1. The topological polar surface area (TPSA) is 35.9 Å². The summed E-state index contributed by atoms with van der Waals surface area (Å²) in [5.74, 6) is 7.60. The third-order valence-corrected chi connectivity index (χ3v) is 6.29. The van der Waals surface area contributed by atoms with Gasteiger partial charge < -0.3 is 14.7 Å². The number of likely N-dealkylation sites (tertiary alicyclic amines) is 1. The van der Waals surface area contributed by atoms with Crippen LogP contribution in [0.25, 0.3) is 0 Å². The van der Waals surface area contributed by atoms with E-state index in [1.54, 1.807) is 21.0 Å². The smallest absolute Gasteiger partial charge is 0.120 e. The minimum atomic E-state index is -0.959. The van der Waals surface area contributed by atoms with E-state index in [-0.39, 0.29) is 0 Å². The van der Waals surface area contributed by atoms with E-state index in [0.29, 0.717) is 0 Å². The summed E-state index contributed by atoms with van der Waals surface area (Å²) in [5.41, 5.74) is 2.65. The van der Waals surface area contributed by atoms with Crippen LogP contribution in [-0.2, 0) is 13.0 Å². The number of aliphatic hydroxyl groups is 1. The second-order valence-corrected chi connectivity index (χ2v) is 9.74. The van der Waals surface area contributed by atoms with Crippen LogP contribution in [0.4, 0.5) is 0 Å². The molecule has 0 aromatic heterocycles. The monoisotopic (exact) mass is 448 g/mol. The van der Waals surface area contributed by atoms with Crippen LogP contribution in [0, 0.1) is 17.8 Å². The predicted molar refractivity (Wildman–Crippen MR) is 136 cm³/mol. The van der Waals surface area contributed by atoms with Crippen LogP contribution >= 0.6 is 0 Å². The molecule has 1 fully saturated rings. The second-order valence-electron chi connectivity index (χ2n) is 9.74. The highest BCUT2D eigenvalue weighted by atomic mass is 16.5. The van der Waals surface area contributed by atoms with Gasteiger partial charge in [-0.05, 0) is 87.5 Å². The highest BCUT2D eigenvalue weighted by molar-refractivity contribution is 5.37. The number of ether oxygens (including phenoxy) is 1. The Morgan fingerprint density at radius 2 is 1.94 bits per heavy atom. The SMILES string of the molecule is CCN(Cc1ccc(C#CC(C)(C)O)cc1)C[C@H]1CCCN(CCc2cccc(OC)c2)C1. The standard InChI is InChI=1S/C29H40N2O2/c1-5-30(21-26-13-11-24(12-14-26)15-17-29(2,3)32)22-27-9-7-18-31(23-27)19-16-25-8-6-10-28(20-25)33-4/h6,8,10-14,20,27,32H,5,7,9,16,18-19,21-23H2,1-4H3/t27-/m1/s1. The van der Waals surface area contributed by atoms with E-state index in [1.165, 1.54) is 37.1 Å². The van der Waals surface area contributed by atoms with E-state index in [4.69, 9.17) is 4.74 Å². The maximum Gasteiger partial charge on any atom is 0.120 e. The van der Waals surface area contributed by atoms with Gasteiger partial charge in [0.05, 0.1) is 7.11 Å². The van der Waals surface area contributed by atoms with E-state index in [1.807, 2.05) is 6.07 Å². The largest absolute Gasteiger partial charge is 0.497 e. The summed E-state index contributed by atoms with van der Waals surface area (Å²) in [4.78, 5) is 5.20. The zero-order valence-electron chi connectivity index (χ0n) is 20.8. The Morgan fingerprint density at radius 3 is 2.64 bits per heavy atom. The number of hydrogen-bond donors (Lipinski definition) is 1. The first kappa shape index (κ1) is 25.3. The molecule has 0 spiro atoms. The van der Waals surface area contributed by atoms with Crippen LogP contribution in [0.15, 0.2) is 48.5 Å². The Morgan fingerprint density at radius 1 is 1.15 bits per heavy atom. The first-order valence-corrected chi connectivity index (χ1v) is 12.3. The Kier molecular flexibility index (Phi) is 9.38. The second kappa shape index (κ2) is 12.2. The van der Waals surface area contributed by atoms with Crippen molar-refractivity contribution >= 4 is 0 Å². The van der Waals surface area contributed by atoms with Crippen molar-refractivity contribution in [3.8, 4) is 17.6 Å². The van der Waals surface area contributed by atoms with E-state index in [2.05, 4.69) is 71.0 Å². The van der Waals surface area contributed by atoms with E-state index in [9.17, 15) is 5.11 Å². The van der Waals surface area contributed by atoms with Gasteiger partial charge in [0.2, 0.25) is 0 Å². The third kappa shape index (κ3) is 8.85. The van der Waals surface area contributed by atoms with Gasteiger partial charge in [0.25, 0.3) is 0 Å². The maximum atomic E-state index is 9.78. The predicted octanol–water partition coefficient (Wildman–Crippen LogP) is 4.59. The average molecular weight is 449 g/mol. The van der Waals surface area contributed by atoms with Gasteiger partial charge >= 0.3 is 0 Å². The van der Waals surface area contributed by atoms with Crippen molar-refractivity contribution in [2.24, 2.45) is 5.92 Å². The zero-order chi connectivity index (χ0) is 23.7. The van der Waals surface area contributed by atoms with Gasteiger partial charge in [-0.25, -0.2) is 0 Å². The first-order chi connectivity index (χ1) is 15.8. The quantitative estimate of drug-likeness (QED) is 0.569. The lowest BCUT2D eigenvalue weighted by atomic mass is 9.96. The van der Waals surface area contributed by atoms with Gasteiger partial charge in [0.1, 0.15) is 11.4 Å². The lowest BCUT2D eigenvalue weighted by molar-refractivity contribution is 0.133. The molecule has 0 saturated carbocycles. The number of benzene rings is 2. The molecule has 0 radical (unpaired) electrons. The minimum absolute atomic E-state index is 0.723. The Balaban J connectivity index is 1.49. The van der Waals surface area contributed by atoms with Crippen molar-refractivity contribution in [1.82, 2.24) is 9.80 Å². The van der Waals surface area contributed by atoms with E-state index < -0.39 is 5.60 Å². The third-order valence-electron chi connectivity index (χ3n) is 6.29. The van der Waals surface area contributed by atoms with Crippen molar-refractivity contribution in [1.29, 1.82) is 0 Å². The molecule has 0 aliphatic carbocycles. The van der Waals surface area contributed by atoms with Crippen molar-refractivity contribution in [2.45, 2.75) is 52.2 Å². The maximum absolute atomic E-state index is 9.78. The molecule has 2 aromatic rings. The molecule has 0 amide bonds. The summed E-state index contributed by atoms with van der Waals surface area (Å²) < 4.78 is 5.36. The fraction of sp³-hybridized carbons (Fsp3) is 0.517. The first-order valence-electron chi connectivity index (χ1n) is 12.3.